The number of rotatable bonds is 4. The fourth-order valence-electron chi connectivity index (χ4n) is 3.05. The van der Waals surface area contributed by atoms with E-state index in [2.05, 4.69) is 60.2 Å². The van der Waals surface area contributed by atoms with Gasteiger partial charge in [-0.05, 0) is 43.0 Å². The monoisotopic (exact) mass is 324 g/mol. The molecule has 1 aliphatic carbocycles. The van der Waals surface area contributed by atoms with Crippen molar-refractivity contribution < 1.29 is 0 Å². The standard InChI is InChI=1S/C16H25BrN2/c1-11-7-8-12(17)9-13(11)16(2,3)10-19-15-6-4-5-14(15)18/h7-9,14-15,19H,4-6,10,18H2,1-3H3. The molecule has 1 saturated carbocycles. The van der Waals surface area contributed by atoms with Gasteiger partial charge in [-0.2, -0.15) is 0 Å². The Labute approximate surface area is 125 Å². The molecule has 3 N–H and O–H groups in total. The maximum absolute atomic E-state index is 6.13. The molecule has 1 fully saturated rings. The summed E-state index contributed by atoms with van der Waals surface area (Å²) in [4.78, 5) is 0. The molecule has 2 nitrogen and oxygen atoms in total. The molecule has 1 aromatic carbocycles. The molecular weight excluding hydrogens is 300 g/mol. The van der Waals surface area contributed by atoms with Crippen molar-refractivity contribution in [1.29, 1.82) is 0 Å². The van der Waals surface area contributed by atoms with Crippen molar-refractivity contribution in [1.82, 2.24) is 5.32 Å². The number of hydrogen-bond acceptors (Lipinski definition) is 2. The Morgan fingerprint density at radius 2 is 2.11 bits per heavy atom. The van der Waals surface area contributed by atoms with Crippen molar-refractivity contribution in [2.24, 2.45) is 5.73 Å². The van der Waals surface area contributed by atoms with Gasteiger partial charge in [-0.3, -0.25) is 0 Å². The molecule has 2 unspecified atom stereocenters. The van der Waals surface area contributed by atoms with Crippen LogP contribution in [0.25, 0.3) is 0 Å². The zero-order chi connectivity index (χ0) is 14.0. The third-order valence-electron chi connectivity index (χ3n) is 4.30. The zero-order valence-corrected chi connectivity index (χ0v) is 13.8. The Hall–Kier alpha value is -0.380. The van der Waals surface area contributed by atoms with Gasteiger partial charge in [-0.1, -0.05) is 42.3 Å². The highest BCUT2D eigenvalue weighted by atomic mass is 79.9. The lowest BCUT2D eigenvalue weighted by Gasteiger charge is -2.30. The molecule has 19 heavy (non-hydrogen) atoms. The average Bonchev–Trinajstić information content (AvgIpc) is 2.75. The topological polar surface area (TPSA) is 38.0 Å². The van der Waals surface area contributed by atoms with E-state index in [1.54, 1.807) is 0 Å². The number of nitrogens with one attached hydrogen (secondary N) is 1. The summed E-state index contributed by atoms with van der Waals surface area (Å²) in [7, 11) is 0. The summed E-state index contributed by atoms with van der Waals surface area (Å²) in [6.07, 6.45) is 3.64. The first kappa shape index (κ1) is 15.0. The number of halogens is 1. The molecule has 1 aromatic rings. The van der Waals surface area contributed by atoms with E-state index in [4.69, 9.17) is 5.73 Å². The van der Waals surface area contributed by atoms with Crippen LogP contribution in [0.1, 0.15) is 44.2 Å². The van der Waals surface area contributed by atoms with Crippen LogP contribution in [0.4, 0.5) is 0 Å². The first-order valence-corrected chi connectivity index (χ1v) is 7.95. The predicted molar refractivity (Wildman–Crippen MR) is 85.5 cm³/mol. The van der Waals surface area contributed by atoms with Gasteiger partial charge >= 0.3 is 0 Å². The first-order valence-electron chi connectivity index (χ1n) is 7.16. The summed E-state index contributed by atoms with van der Waals surface area (Å²) < 4.78 is 1.15. The third-order valence-corrected chi connectivity index (χ3v) is 4.80. The molecule has 2 atom stereocenters. The number of aryl methyl sites for hydroxylation is 1. The summed E-state index contributed by atoms with van der Waals surface area (Å²) >= 11 is 3.58. The Bertz CT molecular complexity index is 442. The largest absolute Gasteiger partial charge is 0.326 e. The quantitative estimate of drug-likeness (QED) is 0.889. The minimum atomic E-state index is 0.121. The van der Waals surface area contributed by atoms with Crippen molar-refractivity contribution in [2.75, 3.05) is 6.54 Å². The molecule has 0 spiro atoms. The van der Waals surface area contributed by atoms with Crippen LogP contribution in [-0.2, 0) is 5.41 Å². The Kier molecular flexibility index (Phi) is 4.70. The van der Waals surface area contributed by atoms with Crippen molar-refractivity contribution in [3.05, 3.63) is 33.8 Å². The summed E-state index contributed by atoms with van der Waals surface area (Å²) in [5.74, 6) is 0. The average molecular weight is 325 g/mol. The highest BCUT2D eigenvalue weighted by Crippen LogP contribution is 2.29. The fourth-order valence-corrected chi connectivity index (χ4v) is 3.41. The summed E-state index contributed by atoms with van der Waals surface area (Å²) in [6.45, 7) is 7.76. The van der Waals surface area contributed by atoms with Gasteiger partial charge in [0.15, 0.2) is 0 Å². The molecule has 0 amide bonds. The molecule has 1 aliphatic rings. The molecule has 3 heteroatoms. The van der Waals surface area contributed by atoms with Gasteiger partial charge in [0, 0.05) is 28.5 Å². The van der Waals surface area contributed by atoms with Gasteiger partial charge in [-0.15, -0.1) is 0 Å². The lowest BCUT2D eigenvalue weighted by Crippen LogP contribution is -2.45. The molecule has 0 radical (unpaired) electrons. The Balaban J connectivity index is 2.06. The van der Waals surface area contributed by atoms with Gasteiger partial charge in [0.1, 0.15) is 0 Å². The molecule has 0 saturated heterocycles. The van der Waals surface area contributed by atoms with Crippen LogP contribution in [-0.4, -0.2) is 18.6 Å². The van der Waals surface area contributed by atoms with Crippen LogP contribution in [0.3, 0.4) is 0 Å². The number of benzene rings is 1. The molecule has 106 valence electrons. The lowest BCUT2D eigenvalue weighted by atomic mass is 9.82. The van der Waals surface area contributed by atoms with Gasteiger partial charge in [0.05, 0.1) is 0 Å². The third kappa shape index (κ3) is 3.59. The van der Waals surface area contributed by atoms with Crippen LogP contribution in [0.5, 0.6) is 0 Å². The van der Waals surface area contributed by atoms with E-state index in [9.17, 15) is 0 Å². The van der Waals surface area contributed by atoms with E-state index in [0.717, 1.165) is 17.4 Å². The molecule has 0 aliphatic heterocycles. The molecule has 0 bridgehead atoms. The predicted octanol–water partition coefficient (Wildman–Crippen LogP) is 3.50. The first-order chi connectivity index (χ1) is 8.90. The van der Waals surface area contributed by atoms with Crippen molar-refractivity contribution >= 4 is 15.9 Å². The summed E-state index contributed by atoms with van der Waals surface area (Å²) in [6, 6.07) is 7.36. The molecule has 0 heterocycles. The number of nitrogens with two attached hydrogens (primary N) is 1. The normalized spacial score (nSPS) is 23.8. The van der Waals surface area contributed by atoms with Crippen LogP contribution in [0, 0.1) is 6.92 Å². The van der Waals surface area contributed by atoms with Gasteiger partial charge in [-0.25, -0.2) is 0 Å². The molecule has 2 rings (SSSR count). The minimum Gasteiger partial charge on any atom is -0.326 e. The SMILES string of the molecule is Cc1ccc(Br)cc1C(C)(C)CNC1CCCC1N. The summed E-state index contributed by atoms with van der Waals surface area (Å²) in [5.41, 5.74) is 9.01. The Morgan fingerprint density at radius 3 is 2.74 bits per heavy atom. The van der Waals surface area contributed by atoms with Crippen LogP contribution < -0.4 is 11.1 Å². The second-order valence-corrected chi connectivity index (χ2v) is 7.34. The second kappa shape index (κ2) is 5.94. The van der Waals surface area contributed by atoms with Crippen LogP contribution in [0.15, 0.2) is 22.7 Å². The maximum atomic E-state index is 6.13. The van der Waals surface area contributed by atoms with E-state index in [1.807, 2.05) is 0 Å². The highest BCUT2D eigenvalue weighted by molar-refractivity contribution is 9.10. The maximum Gasteiger partial charge on any atom is 0.0219 e. The van der Waals surface area contributed by atoms with Crippen LogP contribution >= 0.6 is 15.9 Å². The van der Waals surface area contributed by atoms with E-state index >= 15 is 0 Å². The smallest absolute Gasteiger partial charge is 0.0219 e. The van der Waals surface area contributed by atoms with Gasteiger partial charge < -0.3 is 11.1 Å². The zero-order valence-electron chi connectivity index (χ0n) is 12.2. The number of hydrogen-bond donors (Lipinski definition) is 2. The highest BCUT2D eigenvalue weighted by Gasteiger charge is 2.28. The van der Waals surface area contributed by atoms with Gasteiger partial charge in [0.2, 0.25) is 0 Å². The van der Waals surface area contributed by atoms with E-state index in [1.165, 1.54) is 24.0 Å². The minimum absolute atomic E-state index is 0.121. The Morgan fingerprint density at radius 1 is 1.37 bits per heavy atom. The van der Waals surface area contributed by atoms with Gasteiger partial charge in [0.25, 0.3) is 0 Å². The van der Waals surface area contributed by atoms with E-state index in [-0.39, 0.29) is 5.41 Å². The second-order valence-electron chi connectivity index (χ2n) is 6.43. The lowest BCUT2D eigenvalue weighted by molar-refractivity contribution is 0.399. The molecule has 0 aromatic heterocycles. The van der Waals surface area contributed by atoms with E-state index < -0.39 is 0 Å². The summed E-state index contributed by atoms with van der Waals surface area (Å²) in [5, 5.41) is 3.68. The van der Waals surface area contributed by atoms with E-state index in [0.29, 0.717) is 12.1 Å². The van der Waals surface area contributed by atoms with Crippen LogP contribution in [0.2, 0.25) is 0 Å². The fraction of sp³-hybridized carbons (Fsp3) is 0.625. The van der Waals surface area contributed by atoms with Crippen molar-refractivity contribution in [3.63, 3.8) is 0 Å². The molecular formula is C16H25BrN2. The van der Waals surface area contributed by atoms with Crippen molar-refractivity contribution in [3.8, 4) is 0 Å². The van der Waals surface area contributed by atoms with Crippen molar-refractivity contribution in [2.45, 2.75) is 57.5 Å².